The Balaban J connectivity index is 0.955. The molecule has 2 aliphatic heterocycles. The lowest BCUT2D eigenvalue weighted by molar-refractivity contribution is -0.123. The fourth-order valence-corrected chi connectivity index (χ4v) is 11.6. The number of thiazole rings is 1. The lowest BCUT2D eigenvalue weighted by atomic mass is 9.68. The summed E-state index contributed by atoms with van der Waals surface area (Å²) < 4.78 is 5.87. The number of carbonyl (C=O) groups is 3. The monoisotopic (exact) mass is 673 g/mol. The molecule has 1 aromatic heterocycles. The number of H-pyrrole nitrogens is 1. The largest absolute Gasteiger partial charge is 0.484 e. The van der Waals surface area contributed by atoms with E-state index in [2.05, 4.69) is 10.3 Å². The average molecular weight is 674 g/mol. The van der Waals surface area contributed by atoms with Gasteiger partial charge in [-0.1, -0.05) is 71.5 Å². The van der Waals surface area contributed by atoms with E-state index in [1.807, 2.05) is 97.9 Å². The van der Waals surface area contributed by atoms with Crippen molar-refractivity contribution >= 4 is 63.0 Å². The predicted molar refractivity (Wildman–Crippen MR) is 187 cm³/mol. The highest BCUT2D eigenvalue weighted by molar-refractivity contribution is 8.00. The molecule has 7 atom stereocenters. The molecule has 240 valence electrons. The number of hydrogen-bond donors (Lipinski definition) is 2. The second kappa shape index (κ2) is 11.2. The fraction of sp³-hybridized carbons (Fsp3) is 0.263. The van der Waals surface area contributed by atoms with Crippen LogP contribution in [0.1, 0.15) is 28.3 Å². The summed E-state index contributed by atoms with van der Waals surface area (Å²) in [5.41, 5.74) is 3.46. The van der Waals surface area contributed by atoms with Gasteiger partial charge in [0.1, 0.15) is 5.75 Å². The van der Waals surface area contributed by atoms with Gasteiger partial charge in [0.15, 0.2) is 6.61 Å². The minimum absolute atomic E-state index is 0.0366. The third kappa shape index (κ3) is 4.64. The summed E-state index contributed by atoms with van der Waals surface area (Å²) in [5.74, 6) is -0.447. The summed E-state index contributed by atoms with van der Waals surface area (Å²) in [6, 6.07) is 29.1. The molecule has 2 saturated carbocycles. The van der Waals surface area contributed by atoms with E-state index in [4.69, 9.17) is 4.74 Å². The van der Waals surface area contributed by atoms with Gasteiger partial charge in [0.2, 0.25) is 11.8 Å². The lowest BCUT2D eigenvalue weighted by Crippen LogP contribution is -2.42. The van der Waals surface area contributed by atoms with E-state index < -0.39 is 0 Å². The number of anilines is 2. The molecule has 2 N–H and O–H groups in total. The maximum absolute atomic E-state index is 14.0. The third-order valence-corrected chi connectivity index (χ3v) is 13.2. The summed E-state index contributed by atoms with van der Waals surface area (Å²) in [4.78, 5) is 58.5. The van der Waals surface area contributed by atoms with Gasteiger partial charge >= 0.3 is 4.87 Å². The van der Waals surface area contributed by atoms with Gasteiger partial charge in [0.05, 0.1) is 22.5 Å². The number of benzene rings is 4. The minimum atomic E-state index is -0.353. The molecule has 3 fully saturated rings. The zero-order chi connectivity index (χ0) is 32.7. The number of aromatic nitrogens is 1. The Bertz CT molecular complexity index is 2180. The topological polar surface area (TPSA) is 109 Å². The molecule has 1 saturated heterocycles. The highest BCUT2D eigenvalue weighted by Gasteiger charge is 2.69. The number of hydrogen-bond acceptors (Lipinski definition) is 7. The number of nitrogens with one attached hydrogen (secondary N) is 2. The molecule has 9 rings (SSSR count). The normalized spacial score (nSPS) is 26.8. The molecule has 0 spiro atoms. The highest BCUT2D eigenvalue weighted by Crippen LogP contribution is 2.68. The van der Waals surface area contributed by atoms with Gasteiger partial charge in [0, 0.05) is 21.7 Å². The number of carbonyl (C=O) groups excluding carboxylic acids is 3. The van der Waals surface area contributed by atoms with Crippen LogP contribution in [0.2, 0.25) is 0 Å². The van der Waals surface area contributed by atoms with E-state index >= 15 is 0 Å². The Hall–Kier alpha value is -4.67. The van der Waals surface area contributed by atoms with E-state index in [9.17, 15) is 19.2 Å². The predicted octanol–water partition coefficient (Wildman–Crippen LogP) is 6.59. The summed E-state index contributed by atoms with van der Waals surface area (Å²) in [5, 5.41) is 6.05. The van der Waals surface area contributed by atoms with Crippen LogP contribution in [0.25, 0.3) is 10.8 Å². The van der Waals surface area contributed by atoms with Crippen molar-refractivity contribution in [2.24, 2.45) is 29.6 Å². The lowest BCUT2D eigenvalue weighted by Gasteiger charge is -2.43. The van der Waals surface area contributed by atoms with Gasteiger partial charge in [-0.2, -0.15) is 0 Å². The Morgan fingerprint density at radius 2 is 1.62 bits per heavy atom. The number of nitrogens with zero attached hydrogens (tertiary/aromatic N) is 1. The first-order valence-corrected chi connectivity index (χ1v) is 17.9. The third-order valence-electron chi connectivity index (χ3n) is 10.7. The second-order valence-electron chi connectivity index (χ2n) is 13.3. The summed E-state index contributed by atoms with van der Waals surface area (Å²) in [7, 11) is 0. The second-order valence-corrected chi connectivity index (χ2v) is 15.5. The van der Waals surface area contributed by atoms with Crippen molar-refractivity contribution in [2.75, 3.05) is 16.8 Å². The first kappa shape index (κ1) is 29.5. The van der Waals surface area contributed by atoms with Crippen LogP contribution in [0.4, 0.5) is 11.4 Å². The number of thioether (sulfide) groups is 1. The minimum Gasteiger partial charge on any atom is -0.484 e. The molecule has 0 unspecified atom stereocenters. The number of aryl methyl sites for hydroxylation is 1. The number of aromatic amines is 1. The number of rotatable bonds is 6. The first-order chi connectivity index (χ1) is 23.3. The first-order valence-electron chi connectivity index (χ1n) is 16.2. The van der Waals surface area contributed by atoms with Crippen LogP contribution in [0.3, 0.4) is 0 Å². The Morgan fingerprint density at radius 1 is 0.896 bits per heavy atom. The van der Waals surface area contributed by atoms with Crippen molar-refractivity contribution in [3.63, 3.8) is 0 Å². The molecule has 3 heterocycles. The number of imide groups is 1. The SMILES string of the molecule is Cc1ccc(N2C(=O)[C@H]3[C@H]4C[C@@H]([C@@H]3C2=O)[C@@H]2[C@H](c3ccc(OCC(=O)Nc5ccc6ccccc6c5)cc3)c3sc(=O)[nH]c3S[C@H]42)cc1. The van der Waals surface area contributed by atoms with Gasteiger partial charge in [-0.15, -0.1) is 11.8 Å². The zero-order valence-electron chi connectivity index (χ0n) is 25.9. The van der Waals surface area contributed by atoms with E-state index in [0.717, 1.165) is 38.2 Å². The van der Waals surface area contributed by atoms with Crippen molar-refractivity contribution in [1.82, 2.24) is 4.98 Å². The van der Waals surface area contributed by atoms with Gasteiger partial charge < -0.3 is 15.0 Å². The van der Waals surface area contributed by atoms with Crippen LogP contribution in [-0.4, -0.2) is 34.6 Å². The van der Waals surface area contributed by atoms with Gasteiger partial charge in [-0.3, -0.25) is 24.1 Å². The molecular formula is C38H31N3O5S2. The zero-order valence-corrected chi connectivity index (χ0v) is 27.6. The van der Waals surface area contributed by atoms with E-state index in [1.165, 1.54) is 16.2 Å². The molecule has 0 radical (unpaired) electrons. The number of amides is 3. The van der Waals surface area contributed by atoms with Gasteiger partial charge in [0.25, 0.3) is 5.91 Å². The van der Waals surface area contributed by atoms with Crippen molar-refractivity contribution in [3.05, 3.63) is 117 Å². The fourth-order valence-electron chi connectivity index (χ4n) is 8.72. The maximum Gasteiger partial charge on any atom is 0.305 e. The Morgan fingerprint density at radius 3 is 2.40 bits per heavy atom. The van der Waals surface area contributed by atoms with Crippen LogP contribution in [0.5, 0.6) is 5.75 Å². The Labute approximate surface area is 284 Å². The van der Waals surface area contributed by atoms with E-state index in [1.54, 1.807) is 11.8 Å². The Kier molecular flexibility index (Phi) is 6.88. The molecular weight excluding hydrogens is 643 g/mol. The van der Waals surface area contributed by atoms with Crippen molar-refractivity contribution in [1.29, 1.82) is 0 Å². The standard InChI is InChI=1S/C38H31N3O5S2/c1-19-6-12-24(13-7-19)41-36(43)31-26-17-27(32(31)37(41)44)33-30(26)29(34-35(47-33)40-38(45)48-34)21-9-14-25(15-10-21)46-18-28(42)39-23-11-8-20-4-2-3-5-22(20)16-23/h2-16,26-27,29-33H,17-18H2,1H3,(H,39,42)(H,40,45)/t26-,27-,29+,30-,31+,32+,33-/m1/s1. The van der Waals surface area contributed by atoms with E-state index in [0.29, 0.717) is 17.1 Å². The summed E-state index contributed by atoms with van der Waals surface area (Å²) >= 11 is 2.92. The molecule has 10 heteroatoms. The van der Waals surface area contributed by atoms with Crippen LogP contribution in [-0.2, 0) is 14.4 Å². The smallest absolute Gasteiger partial charge is 0.305 e. The molecule has 48 heavy (non-hydrogen) atoms. The van der Waals surface area contributed by atoms with E-state index in [-0.39, 0.29) is 70.0 Å². The molecule has 5 aromatic rings. The van der Waals surface area contributed by atoms with Gasteiger partial charge in [-0.05, 0) is 83.8 Å². The maximum atomic E-state index is 14.0. The molecule has 8 nitrogen and oxygen atoms in total. The number of ether oxygens (including phenoxy) is 1. The molecule has 4 aromatic carbocycles. The van der Waals surface area contributed by atoms with Crippen LogP contribution in [0.15, 0.2) is 101 Å². The van der Waals surface area contributed by atoms with Crippen molar-refractivity contribution in [3.8, 4) is 5.75 Å². The average Bonchev–Trinajstić information content (AvgIpc) is 3.83. The van der Waals surface area contributed by atoms with Crippen LogP contribution < -0.4 is 19.8 Å². The van der Waals surface area contributed by atoms with Crippen molar-refractivity contribution in [2.45, 2.75) is 29.5 Å². The summed E-state index contributed by atoms with van der Waals surface area (Å²) in [6.07, 6.45) is 0.833. The number of fused-ring (bicyclic) bond motifs is 10. The molecule has 4 aliphatic rings. The van der Waals surface area contributed by atoms with Crippen molar-refractivity contribution < 1.29 is 19.1 Å². The van der Waals surface area contributed by atoms with Crippen LogP contribution >= 0.6 is 23.1 Å². The highest BCUT2D eigenvalue weighted by atomic mass is 32.2. The van der Waals surface area contributed by atoms with Gasteiger partial charge in [-0.25, -0.2) is 0 Å². The molecule has 2 bridgehead atoms. The summed E-state index contributed by atoms with van der Waals surface area (Å²) in [6.45, 7) is 1.85. The van der Waals surface area contributed by atoms with Crippen LogP contribution in [0, 0.1) is 36.5 Å². The molecule has 3 amide bonds. The molecule has 2 aliphatic carbocycles. The quantitative estimate of drug-likeness (QED) is 0.197.